The van der Waals surface area contributed by atoms with Crippen LogP contribution in [0, 0.1) is 0 Å². The van der Waals surface area contributed by atoms with E-state index in [9.17, 15) is 4.79 Å². The summed E-state index contributed by atoms with van der Waals surface area (Å²) in [7, 11) is 0. The average Bonchev–Trinajstić information content (AvgIpc) is 2.56. The van der Waals surface area contributed by atoms with Crippen LogP contribution < -0.4 is 10.2 Å². The number of carbonyl (C=O) groups excluding carboxylic acids is 1. The third kappa shape index (κ3) is 9.72. The van der Waals surface area contributed by atoms with Crippen LogP contribution in [0.5, 0.6) is 5.75 Å². The summed E-state index contributed by atoms with van der Waals surface area (Å²) in [5.41, 5.74) is 3.52. The maximum Gasteiger partial charge on any atom is 0.240 e. The SMILES string of the molecule is CCCCCCCCCC(=O)N/N=C\c1ccc(OCC)cc1. The van der Waals surface area contributed by atoms with Gasteiger partial charge in [-0.25, -0.2) is 5.43 Å². The fraction of sp³-hybridized carbons (Fsp3) is 0.579. The zero-order chi connectivity index (χ0) is 16.8. The lowest BCUT2D eigenvalue weighted by molar-refractivity contribution is -0.121. The van der Waals surface area contributed by atoms with E-state index in [1.54, 1.807) is 6.21 Å². The van der Waals surface area contributed by atoms with Crippen molar-refractivity contribution in [3.05, 3.63) is 29.8 Å². The van der Waals surface area contributed by atoms with Gasteiger partial charge < -0.3 is 4.74 Å². The monoisotopic (exact) mass is 318 g/mol. The lowest BCUT2D eigenvalue weighted by Crippen LogP contribution is -2.16. The van der Waals surface area contributed by atoms with Crippen LogP contribution in [0.2, 0.25) is 0 Å². The molecule has 1 rings (SSSR count). The molecule has 128 valence electrons. The summed E-state index contributed by atoms with van der Waals surface area (Å²) in [6.45, 7) is 4.83. The van der Waals surface area contributed by atoms with Gasteiger partial charge in [-0.3, -0.25) is 4.79 Å². The molecular weight excluding hydrogens is 288 g/mol. The first-order valence-electron chi connectivity index (χ1n) is 8.81. The van der Waals surface area contributed by atoms with Crippen LogP contribution in [0.3, 0.4) is 0 Å². The van der Waals surface area contributed by atoms with E-state index >= 15 is 0 Å². The van der Waals surface area contributed by atoms with E-state index in [1.807, 2.05) is 31.2 Å². The molecule has 23 heavy (non-hydrogen) atoms. The molecule has 1 aromatic rings. The fourth-order valence-electron chi connectivity index (χ4n) is 2.29. The van der Waals surface area contributed by atoms with Crippen molar-refractivity contribution < 1.29 is 9.53 Å². The van der Waals surface area contributed by atoms with Crippen molar-refractivity contribution in [2.45, 2.75) is 65.2 Å². The zero-order valence-corrected chi connectivity index (χ0v) is 14.5. The van der Waals surface area contributed by atoms with E-state index in [2.05, 4.69) is 17.5 Å². The van der Waals surface area contributed by atoms with Gasteiger partial charge in [0.2, 0.25) is 5.91 Å². The van der Waals surface area contributed by atoms with Crippen LogP contribution in [0.4, 0.5) is 0 Å². The number of benzene rings is 1. The first-order valence-corrected chi connectivity index (χ1v) is 8.81. The molecule has 4 heteroatoms. The summed E-state index contributed by atoms with van der Waals surface area (Å²) in [6, 6.07) is 7.62. The van der Waals surface area contributed by atoms with Crippen LogP contribution in [-0.2, 0) is 4.79 Å². The quantitative estimate of drug-likeness (QED) is 0.346. The lowest BCUT2D eigenvalue weighted by Gasteiger charge is -2.02. The molecule has 0 radical (unpaired) electrons. The van der Waals surface area contributed by atoms with Crippen LogP contribution in [0.25, 0.3) is 0 Å². The molecule has 0 aliphatic carbocycles. The molecule has 0 spiro atoms. The molecule has 1 amide bonds. The minimum atomic E-state index is -0.0132. The zero-order valence-electron chi connectivity index (χ0n) is 14.5. The van der Waals surface area contributed by atoms with E-state index < -0.39 is 0 Å². The van der Waals surface area contributed by atoms with Crippen molar-refractivity contribution in [3.8, 4) is 5.75 Å². The number of unbranched alkanes of at least 4 members (excludes halogenated alkanes) is 6. The van der Waals surface area contributed by atoms with Gasteiger partial charge in [0.25, 0.3) is 0 Å². The molecule has 0 atom stereocenters. The summed E-state index contributed by atoms with van der Waals surface area (Å²) in [5, 5.41) is 3.99. The summed E-state index contributed by atoms with van der Waals surface area (Å²) in [6.07, 6.45) is 10.7. The highest BCUT2D eigenvalue weighted by atomic mass is 16.5. The average molecular weight is 318 g/mol. The van der Waals surface area contributed by atoms with E-state index in [0.717, 1.165) is 24.2 Å². The van der Waals surface area contributed by atoms with Crippen LogP contribution in [-0.4, -0.2) is 18.7 Å². The Hall–Kier alpha value is -1.84. The maximum absolute atomic E-state index is 11.7. The Kier molecular flexibility index (Phi) is 10.6. The first-order chi connectivity index (χ1) is 11.3. The molecule has 0 saturated heterocycles. The normalized spacial score (nSPS) is 10.9. The number of ether oxygens (including phenoxy) is 1. The van der Waals surface area contributed by atoms with Crippen LogP contribution in [0.15, 0.2) is 29.4 Å². The Bertz CT molecular complexity index is 455. The molecular formula is C19H30N2O2. The van der Waals surface area contributed by atoms with Crippen molar-refractivity contribution >= 4 is 12.1 Å². The molecule has 0 unspecified atom stereocenters. The lowest BCUT2D eigenvalue weighted by atomic mass is 10.1. The number of hydrazone groups is 1. The van der Waals surface area contributed by atoms with E-state index in [0.29, 0.717) is 13.0 Å². The Morgan fingerprint density at radius 2 is 1.70 bits per heavy atom. The largest absolute Gasteiger partial charge is 0.494 e. The van der Waals surface area contributed by atoms with Gasteiger partial charge in [-0.05, 0) is 43.2 Å². The molecule has 0 bridgehead atoms. The summed E-state index contributed by atoms with van der Waals surface area (Å²) in [4.78, 5) is 11.7. The Morgan fingerprint density at radius 1 is 1.04 bits per heavy atom. The second-order valence-electron chi connectivity index (χ2n) is 5.67. The molecule has 1 aromatic carbocycles. The smallest absolute Gasteiger partial charge is 0.240 e. The fourth-order valence-corrected chi connectivity index (χ4v) is 2.29. The predicted octanol–water partition coefficient (Wildman–Crippen LogP) is 4.68. The topological polar surface area (TPSA) is 50.7 Å². The van der Waals surface area contributed by atoms with Gasteiger partial charge in [0, 0.05) is 6.42 Å². The van der Waals surface area contributed by atoms with E-state index in [1.165, 1.54) is 32.1 Å². The summed E-state index contributed by atoms with van der Waals surface area (Å²) in [5.74, 6) is 0.827. The number of carbonyl (C=O) groups is 1. The Labute approximate surface area is 140 Å². The van der Waals surface area contributed by atoms with Crippen molar-refractivity contribution in [2.75, 3.05) is 6.61 Å². The van der Waals surface area contributed by atoms with Gasteiger partial charge in [0.1, 0.15) is 5.75 Å². The summed E-state index contributed by atoms with van der Waals surface area (Å²) >= 11 is 0. The number of hydrogen-bond acceptors (Lipinski definition) is 3. The Morgan fingerprint density at radius 3 is 2.35 bits per heavy atom. The standard InChI is InChI=1S/C19H30N2O2/c1-3-5-6-7-8-9-10-11-19(22)21-20-16-17-12-14-18(15-13-17)23-4-2/h12-16H,3-11H2,1-2H3,(H,21,22)/b20-16-. The molecule has 0 heterocycles. The van der Waals surface area contributed by atoms with Crippen molar-refractivity contribution in [1.82, 2.24) is 5.43 Å². The molecule has 0 aromatic heterocycles. The molecule has 0 fully saturated rings. The second-order valence-corrected chi connectivity index (χ2v) is 5.67. The number of nitrogens with zero attached hydrogens (tertiary/aromatic N) is 1. The van der Waals surface area contributed by atoms with Gasteiger partial charge in [0.05, 0.1) is 12.8 Å². The van der Waals surface area contributed by atoms with E-state index in [-0.39, 0.29) is 5.91 Å². The first kappa shape index (κ1) is 19.2. The van der Waals surface area contributed by atoms with E-state index in [4.69, 9.17) is 4.74 Å². The highest BCUT2D eigenvalue weighted by Gasteiger charge is 1.99. The Balaban J connectivity index is 2.12. The third-order valence-corrected chi connectivity index (χ3v) is 3.60. The predicted molar refractivity (Wildman–Crippen MR) is 96.0 cm³/mol. The van der Waals surface area contributed by atoms with Gasteiger partial charge in [-0.15, -0.1) is 0 Å². The van der Waals surface area contributed by atoms with Crippen LogP contribution in [0.1, 0.15) is 70.8 Å². The number of hydrogen-bond donors (Lipinski definition) is 1. The minimum Gasteiger partial charge on any atom is -0.494 e. The number of amides is 1. The molecule has 0 aliphatic heterocycles. The molecule has 0 saturated carbocycles. The maximum atomic E-state index is 11.7. The summed E-state index contributed by atoms with van der Waals surface area (Å²) < 4.78 is 5.38. The van der Waals surface area contributed by atoms with Gasteiger partial charge in [-0.2, -0.15) is 5.10 Å². The number of nitrogens with one attached hydrogen (secondary N) is 1. The van der Waals surface area contributed by atoms with Crippen molar-refractivity contribution in [1.29, 1.82) is 0 Å². The number of rotatable bonds is 12. The highest BCUT2D eigenvalue weighted by molar-refractivity contribution is 5.82. The van der Waals surface area contributed by atoms with Crippen LogP contribution >= 0.6 is 0 Å². The molecule has 4 nitrogen and oxygen atoms in total. The highest BCUT2D eigenvalue weighted by Crippen LogP contribution is 2.11. The van der Waals surface area contributed by atoms with Crippen molar-refractivity contribution in [3.63, 3.8) is 0 Å². The van der Waals surface area contributed by atoms with Gasteiger partial charge in [0.15, 0.2) is 0 Å². The van der Waals surface area contributed by atoms with Gasteiger partial charge in [-0.1, -0.05) is 45.4 Å². The van der Waals surface area contributed by atoms with Gasteiger partial charge >= 0.3 is 0 Å². The molecule has 1 N–H and O–H groups in total. The third-order valence-electron chi connectivity index (χ3n) is 3.60. The van der Waals surface area contributed by atoms with Crippen molar-refractivity contribution in [2.24, 2.45) is 5.10 Å². The second kappa shape index (κ2) is 12.7. The molecule has 0 aliphatic rings. The minimum absolute atomic E-state index is 0.0132.